The van der Waals surface area contributed by atoms with Crippen molar-refractivity contribution >= 4 is 39.4 Å². The van der Waals surface area contributed by atoms with Crippen LogP contribution in [-0.2, 0) is 4.74 Å². The Labute approximate surface area is 277 Å². The number of hydrogen-bond acceptors (Lipinski definition) is 9. The van der Waals surface area contributed by atoms with Gasteiger partial charge in [0.25, 0.3) is 0 Å². The molecule has 2 amide bonds. The van der Waals surface area contributed by atoms with Crippen LogP contribution in [0.4, 0.5) is 10.5 Å². The van der Waals surface area contributed by atoms with E-state index in [1.54, 1.807) is 47.1 Å². The monoisotopic (exact) mass is 704 g/mol. The van der Waals surface area contributed by atoms with Gasteiger partial charge in [-0.25, -0.2) is 9.86 Å². The molecule has 10 nitrogen and oxygen atoms in total. The fourth-order valence-electron chi connectivity index (χ4n) is 5.02. The number of nitrogens with zero attached hydrogens (tertiary/aromatic N) is 1. The molecule has 0 spiro atoms. The number of amides is 2. The summed E-state index contributed by atoms with van der Waals surface area (Å²) in [6.45, 7) is 4.01. The third kappa shape index (κ3) is 8.29. The van der Waals surface area contributed by atoms with Gasteiger partial charge in [0.1, 0.15) is 0 Å². The zero-order chi connectivity index (χ0) is 32.5. The quantitative estimate of drug-likeness (QED) is 0.0742. The summed E-state index contributed by atoms with van der Waals surface area (Å²) in [6.07, 6.45) is 1.53. The van der Waals surface area contributed by atoms with E-state index >= 15 is 0 Å². The fourth-order valence-corrected chi connectivity index (χ4v) is 6.42. The van der Waals surface area contributed by atoms with Crippen LogP contribution < -0.4 is 29.0 Å². The van der Waals surface area contributed by atoms with Gasteiger partial charge in [-0.15, -0.1) is 11.8 Å². The number of nitrogens with one attached hydrogen (secondary N) is 1. The Kier molecular flexibility index (Phi) is 12.5. The Hall–Kier alpha value is -3.32. The van der Waals surface area contributed by atoms with E-state index < -0.39 is 6.03 Å². The van der Waals surface area contributed by atoms with E-state index in [2.05, 4.69) is 21.2 Å². The van der Waals surface area contributed by atoms with Gasteiger partial charge in [-0.3, -0.25) is 5.21 Å². The Morgan fingerprint density at radius 2 is 1.56 bits per heavy atom. The first kappa shape index (κ1) is 34.6. The van der Waals surface area contributed by atoms with Gasteiger partial charge in [0.15, 0.2) is 23.0 Å². The molecule has 3 atom stereocenters. The lowest BCUT2D eigenvalue weighted by Crippen LogP contribution is -2.38. The van der Waals surface area contributed by atoms with E-state index in [1.807, 2.05) is 55.5 Å². The number of urea groups is 1. The van der Waals surface area contributed by atoms with E-state index in [0.29, 0.717) is 58.3 Å². The average Bonchev–Trinajstić information content (AvgIpc) is 3.56. The van der Waals surface area contributed by atoms with Crippen LogP contribution in [0.15, 0.2) is 57.9 Å². The first-order valence-electron chi connectivity index (χ1n) is 14.7. The molecule has 4 rings (SSSR count). The van der Waals surface area contributed by atoms with Gasteiger partial charge >= 0.3 is 6.03 Å². The Morgan fingerprint density at radius 1 is 0.978 bits per heavy atom. The van der Waals surface area contributed by atoms with Gasteiger partial charge in [0.2, 0.25) is 5.75 Å². The number of rotatable bonds is 14. The van der Waals surface area contributed by atoms with Crippen LogP contribution in [0.25, 0.3) is 0 Å². The number of thioether (sulfide) groups is 1. The molecule has 0 radical (unpaired) electrons. The van der Waals surface area contributed by atoms with Crippen LogP contribution in [0.5, 0.6) is 28.7 Å². The van der Waals surface area contributed by atoms with Crippen LogP contribution in [0, 0.1) is 0 Å². The second-order valence-electron chi connectivity index (χ2n) is 10.4. The number of ether oxygens (including phenoxy) is 6. The van der Waals surface area contributed by atoms with Gasteiger partial charge in [0.05, 0.1) is 59.0 Å². The number of carbonyl (C=O) groups excluding carboxylic acids is 1. The molecule has 0 aliphatic carbocycles. The maximum absolute atomic E-state index is 13.1. The largest absolute Gasteiger partial charge is 0.493 e. The molecule has 1 heterocycles. The maximum atomic E-state index is 13.1. The minimum Gasteiger partial charge on any atom is -0.493 e. The van der Waals surface area contributed by atoms with Crippen molar-refractivity contribution in [1.82, 2.24) is 5.06 Å². The van der Waals surface area contributed by atoms with E-state index in [4.69, 9.17) is 28.4 Å². The maximum Gasteiger partial charge on any atom is 0.345 e. The molecule has 0 bridgehead atoms. The molecule has 244 valence electrons. The molecule has 3 aromatic carbocycles. The summed E-state index contributed by atoms with van der Waals surface area (Å²) in [5.41, 5.74) is 2.09. The van der Waals surface area contributed by atoms with Crippen LogP contribution in [0.3, 0.4) is 0 Å². The number of hydroxylamine groups is 2. The number of anilines is 1. The second-order valence-corrected chi connectivity index (χ2v) is 12.4. The van der Waals surface area contributed by atoms with Gasteiger partial charge in [-0.05, 0) is 89.6 Å². The second kappa shape index (κ2) is 16.3. The summed E-state index contributed by atoms with van der Waals surface area (Å²) in [4.78, 5) is 14.2. The van der Waals surface area contributed by atoms with Gasteiger partial charge < -0.3 is 33.7 Å². The SMILES string of the molecule is CCC(C)N(O)C(=O)Nc1cc(C2CCC(c3cc(OC)c(OC)c(OC)c3)O2)cc(OC)c1OCCSc1ccccc1Br. The van der Waals surface area contributed by atoms with E-state index in [9.17, 15) is 10.0 Å². The fraction of sp³-hybridized carbons (Fsp3) is 0.424. The molecule has 2 N–H and O–H groups in total. The molecular formula is C33H41BrN2O8S. The van der Waals surface area contributed by atoms with Crippen molar-refractivity contribution in [2.75, 3.05) is 46.1 Å². The highest BCUT2D eigenvalue weighted by molar-refractivity contribution is 9.10. The zero-order valence-electron chi connectivity index (χ0n) is 26.4. The highest BCUT2D eigenvalue weighted by Gasteiger charge is 2.31. The normalized spacial score (nSPS) is 16.5. The molecule has 3 unspecified atom stereocenters. The van der Waals surface area contributed by atoms with Crippen molar-refractivity contribution in [1.29, 1.82) is 0 Å². The van der Waals surface area contributed by atoms with Crippen molar-refractivity contribution < 1.29 is 38.4 Å². The predicted molar refractivity (Wildman–Crippen MR) is 178 cm³/mol. The first-order chi connectivity index (χ1) is 21.7. The Morgan fingerprint density at radius 3 is 2.11 bits per heavy atom. The molecule has 1 aliphatic rings. The number of benzene rings is 3. The molecular weight excluding hydrogens is 664 g/mol. The van der Waals surface area contributed by atoms with E-state index in [1.165, 1.54) is 0 Å². The topological polar surface area (TPSA) is 108 Å². The summed E-state index contributed by atoms with van der Waals surface area (Å²) in [7, 11) is 6.29. The molecule has 1 fully saturated rings. The zero-order valence-corrected chi connectivity index (χ0v) is 28.8. The highest BCUT2D eigenvalue weighted by atomic mass is 79.9. The molecule has 1 aliphatic heterocycles. The molecule has 3 aromatic rings. The average molecular weight is 706 g/mol. The van der Waals surface area contributed by atoms with Crippen molar-refractivity contribution in [2.45, 2.75) is 56.3 Å². The number of methoxy groups -OCH3 is 4. The summed E-state index contributed by atoms with van der Waals surface area (Å²) < 4.78 is 36.1. The van der Waals surface area contributed by atoms with Crippen LogP contribution >= 0.6 is 27.7 Å². The number of carbonyl (C=O) groups is 1. The summed E-state index contributed by atoms with van der Waals surface area (Å²) in [5.74, 6) is 3.10. The van der Waals surface area contributed by atoms with Crippen molar-refractivity contribution in [3.05, 3.63) is 64.1 Å². The third-order valence-electron chi connectivity index (χ3n) is 7.63. The van der Waals surface area contributed by atoms with Gasteiger partial charge in [-0.1, -0.05) is 19.1 Å². The van der Waals surface area contributed by atoms with Crippen molar-refractivity contribution in [3.63, 3.8) is 0 Å². The molecule has 0 aromatic heterocycles. The lowest BCUT2D eigenvalue weighted by Gasteiger charge is -2.24. The van der Waals surface area contributed by atoms with E-state index in [0.717, 1.165) is 33.3 Å². The van der Waals surface area contributed by atoms with E-state index in [-0.39, 0.29) is 18.2 Å². The predicted octanol–water partition coefficient (Wildman–Crippen LogP) is 8.27. The smallest absolute Gasteiger partial charge is 0.345 e. The summed E-state index contributed by atoms with van der Waals surface area (Å²) >= 11 is 5.22. The number of hydrogen-bond donors (Lipinski definition) is 2. The Balaban J connectivity index is 1.59. The third-order valence-corrected chi connectivity index (χ3v) is 9.62. The minimum absolute atomic E-state index is 0.226. The molecule has 0 saturated carbocycles. The van der Waals surface area contributed by atoms with Crippen molar-refractivity contribution in [2.24, 2.45) is 0 Å². The lowest BCUT2D eigenvalue weighted by atomic mass is 10.0. The van der Waals surface area contributed by atoms with Crippen molar-refractivity contribution in [3.8, 4) is 28.7 Å². The van der Waals surface area contributed by atoms with Crippen LogP contribution in [0.1, 0.15) is 56.4 Å². The lowest BCUT2D eigenvalue weighted by molar-refractivity contribution is -0.0683. The van der Waals surface area contributed by atoms with Crippen LogP contribution in [-0.4, -0.2) is 63.1 Å². The minimum atomic E-state index is -0.668. The van der Waals surface area contributed by atoms with Gasteiger partial charge in [-0.2, -0.15) is 0 Å². The van der Waals surface area contributed by atoms with Crippen LogP contribution in [0.2, 0.25) is 0 Å². The summed E-state index contributed by atoms with van der Waals surface area (Å²) in [6, 6.07) is 14.4. The number of halogens is 1. The first-order valence-corrected chi connectivity index (χ1v) is 16.5. The highest BCUT2D eigenvalue weighted by Crippen LogP contribution is 2.48. The van der Waals surface area contributed by atoms with Gasteiger partial charge in [0, 0.05) is 15.1 Å². The molecule has 12 heteroatoms. The molecule has 1 saturated heterocycles. The summed E-state index contributed by atoms with van der Waals surface area (Å²) in [5, 5.41) is 14.0. The Bertz CT molecular complexity index is 1430. The standard InChI is InChI=1S/C33H41BrN2O8S/c1-7-20(2)36(38)33(37)35-24-16-21(17-27(39-3)31(24)43-14-15-45-30-11-9-8-10-23(30)34)25-12-13-26(44-25)22-18-28(40-4)32(42-6)29(19-22)41-5/h8-11,16-20,25-26,38H,7,12-15H2,1-6H3,(H,35,37). The molecule has 45 heavy (non-hydrogen) atoms.